The van der Waals surface area contributed by atoms with Gasteiger partial charge >= 0.3 is 6.18 Å². The van der Waals surface area contributed by atoms with Crippen LogP contribution in [-0.4, -0.2) is 37.3 Å². The van der Waals surface area contributed by atoms with E-state index in [0.29, 0.717) is 35.4 Å². The molecule has 1 amide bonds. The van der Waals surface area contributed by atoms with Gasteiger partial charge < -0.3 is 9.72 Å². The first kappa shape index (κ1) is 26.5. The number of hydrogen-bond acceptors (Lipinski definition) is 5. The number of hydrogen-bond donors (Lipinski definition) is 2. The predicted molar refractivity (Wildman–Crippen MR) is 133 cm³/mol. The van der Waals surface area contributed by atoms with Crippen LogP contribution in [-0.2, 0) is 10.0 Å². The largest absolute Gasteiger partial charge is 0.494 e. The van der Waals surface area contributed by atoms with E-state index < -0.39 is 39.3 Å². The summed E-state index contributed by atoms with van der Waals surface area (Å²) in [5, 5.41) is -0.633. The van der Waals surface area contributed by atoms with Crippen molar-refractivity contribution in [3.05, 3.63) is 76.1 Å². The molecule has 1 aromatic heterocycles. The van der Waals surface area contributed by atoms with Gasteiger partial charge in [0.1, 0.15) is 11.3 Å². The molecular weight excluding hydrogens is 509 g/mol. The van der Waals surface area contributed by atoms with Gasteiger partial charge in [0.2, 0.25) is 10.0 Å². The summed E-state index contributed by atoms with van der Waals surface area (Å²) in [6.45, 7) is 1.79. The number of alkyl halides is 3. The van der Waals surface area contributed by atoms with Gasteiger partial charge in [0.05, 0.1) is 11.9 Å². The number of ether oxygens (including phenoxy) is 1. The second kappa shape index (κ2) is 10.4. The molecule has 3 aromatic rings. The number of carbonyl (C=O) groups excluding carboxylic acids is 1. The molecule has 4 rings (SSSR count). The van der Waals surface area contributed by atoms with Gasteiger partial charge in [-0.25, -0.2) is 13.1 Å². The van der Waals surface area contributed by atoms with Crippen LogP contribution in [0, 0.1) is 6.92 Å². The molecule has 37 heavy (non-hydrogen) atoms. The zero-order valence-corrected chi connectivity index (χ0v) is 20.7. The summed E-state index contributed by atoms with van der Waals surface area (Å²) in [4.78, 5) is 28.7. The van der Waals surface area contributed by atoms with Crippen molar-refractivity contribution in [2.45, 2.75) is 44.0 Å². The number of aromatic amines is 1. The second-order valence-electron chi connectivity index (χ2n) is 8.93. The summed E-state index contributed by atoms with van der Waals surface area (Å²) >= 11 is 0. The van der Waals surface area contributed by atoms with E-state index in [0.717, 1.165) is 5.56 Å². The first-order valence-electron chi connectivity index (χ1n) is 11.6. The second-order valence-corrected chi connectivity index (χ2v) is 10.9. The maximum absolute atomic E-state index is 13.1. The topological polar surface area (TPSA) is 105 Å². The maximum atomic E-state index is 13.1. The molecule has 196 valence electrons. The normalized spacial score (nSPS) is 13.8. The third-order valence-corrected chi connectivity index (χ3v) is 7.68. The molecule has 11 heteroatoms. The molecule has 0 spiro atoms. The summed E-state index contributed by atoms with van der Waals surface area (Å²) in [6.07, 6.45) is -4.41. The lowest BCUT2D eigenvalue weighted by Gasteiger charge is -2.13. The first-order valence-corrected chi connectivity index (χ1v) is 13.2. The Morgan fingerprint density at radius 3 is 2.27 bits per heavy atom. The van der Waals surface area contributed by atoms with E-state index in [9.17, 15) is 31.2 Å². The van der Waals surface area contributed by atoms with Crippen molar-refractivity contribution in [3.63, 3.8) is 0 Å². The number of aromatic nitrogens is 1. The number of rotatable bonds is 9. The number of halogens is 3. The number of nitrogens with one attached hydrogen (secondary N) is 2. The van der Waals surface area contributed by atoms with Crippen LogP contribution >= 0.6 is 0 Å². The van der Waals surface area contributed by atoms with E-state index in [1.807, 2.05) is 23.8 Å². The minimum absolute atomic E-state index is 0.0964. The fourth-order valence-electron chi connectivity index (χ4n) is 3.74. The lowest BCUT2D eigenvalue weighted by atomic mass is 9.97. The molecule has 0 aliphatic heterocycles. The molecular formula is C26H25F3N2O5S. The SMILES string of the molecule is Cc1ccc(-c2cc(-c3ccc(OCCCC(F)(F)F)cc3)[nH]c(=O)c2C(=O)NS(=O)(=O)C2CC2)cc1. The van der Waals surface area contributed by atoms with Crippen LogP contribution in [0.4, 0.5) is 13.2 Å². The van der Waals surface area contributed by atoms with Crippen LogP contribution in [0.2, 0.25) is 0 Å². The average Bonchev–Trinajstić information content (AvgIpc) is 3.68. The number of carbonyl (C=O) groups is 1. The quantitative estimate of drug-likeness (QED) is 0.378. The summed E-state index contributed by atoms with van der Waals surface area (Å²) in [7, 11) is -3.87. The van der Waals surface area contributed by atoms with Crippen LogP contribution in [0.5, 0.6) is 5.75 Å². The molecule has 1 fully saturated rings. The van der Waals surface area contributed by atoms with E-state index in [4.69, 9.17) is 4.74 Å². The minimum Gasteiger partial charge on any atom is -0.494 e. The van der Waals surface area contributed by atoms with Crippen molar-refractivity contribution in [3.8, 4) is 28.1 Å². The molecule has 0 saturated heterocycles. The Hall–Kier alpha value is -3.60. The van der Waals surface area contributed by atoms with Crippen molar-refractivity contribution in [2.75, 3.05) is 6.61 Å². The molecule has 0 radical (unpaired) electrons. The molecule has 7 nitrogen and oxygen atoms in total. The van der Waals surface area contributed by atoms with Gasteiger partial charge in [-0.1, -0.05) is 29.8 Å². The van der Waals surface area contributed by atoms with Crippen molar-refractivity contribution in [2.24, 2.45) is 0 Å². The van der Waals surface area contributed by atoms with E-state index in [-0.39, 0.29) is 24.2 Å². The Labute approximate surface area is 211 Å². The standard InChI is InChI=1S/C26H25F3N2O5S/c1-16-3-5-17(6-4-16)21-15-22(18-7-9-19(10-8-18)36-14-2-13-26(27,28)29)30-24(32)23(21)25(33)31-37(34,35)20-11-12-20/h3-10,15,20H,2,11-14H2,1H3,(H,30,32)(H,31,33). The molecule has 2 aromatic carbocycles. The number of pyridine rings is 1. The smallest absolute Gasteiger partial charge is 0.389 e. The molecule has 1 aliphatic rings. The van der Waals surface area contributed by atoms with Gasteiger partial charge in [-0.05, 0) is 67.6 Å². The van der Waals surface area contributed by atoms with Gasteiger partial charge in [-0.3, -0.25) is 9.59 Å². The summed E-state index contributed by atoms with van der Waals surface area (Å²) in [6, 6.07) is 15.1. The van der Waals surface area contributed by atoms with Gasteiger partial charge in [0.25, 0.3) is 11.5 Å². The van der Waals surface area contributed by atoms with E-state index >= 15 is 0 Å². The molecule has 2 N–H and O–H groups in total. The Balaban J connectivity index is 1.63. The number of aryl methyl sites for hydroxylation is 1. The lowest BCUT2D eigenvalue weighted by Crippen LogP contribution is -2.37. The summed E-state index contributed by atoms with van der Waals surface area (Å²) in [5.74, 6) is -0.633. The number of H-pyrrole nitrogens is 1. The van der Waals surface area contributed by atoms with Crippen molar-refractivity contribution < 1.29 is 31.1 Å². The molecule has 1 heterocycles. The van der Waals surface area contributed by atoms with E-state index in [1.165, 1.54) is 0 Å². The van der Waals surface area contributed by atoms with Crippen LogP contribution < -0.4 is 15.0 Å². The third-order valence-electron chi connectivity index (χ3n) is 5.86. The molecule has 0 bridgehead atoms. The fourth-order valence-corrected chi connectivity index (χ4v) is 5.02. The van der Waals surface area contributed by atoms with Crippen molar-refractivity contribution >= 4 is 15.9 Å². The molecule has 1 saturated carbocycles. The summed E-state index contributed by atoms with van der Waals surface area (Å²) in [5.41, 5.74) is 1.62. The monoisotopic (exact) mass is 534 g/mol. The highest BCUT2D eigenvalue weighted by molar-refractivity contribution is 7.91. The lowest BCUT2D eigenvalue weighted by molar-refractivity contribution is -0.136. The number of amides is 1. The highest BCUT2D eigenvalue weighted by Gasteiger charge is 2.37. The van der Waals surface area contributed by atoms with Gasteiger partial charge in [0, 0.05) is 17.7 Å². The average molecular weight is 535 g/mol. The highest BCUT2D eigenvalue weighted by Crippen LogP contribution is 2.30. The minimum atomic E-state index is -4.24. The Morgan fingerprint density at radius 1 is 1.05 bits per heavy atom. The van der Waals surface area contributed by atoms with Crippen LogP contribution in [0.3, 0.4) is 0 Å². The van der Waals surface area contributed by atoms with Crippen LogP contribution in [0.1, 0.15) is 41.6 Å². The summed E-state index contributed by atoms with van der Waals surface area (Å²) < 4.78 is 68.9. The zero-order valence-electron chi connectivity index (χ0n) is 19.9. The number of benzene rings is 2. The third kappa shape index (κ3) is 6.79. The predicted octanol–water partition coefficient (Wildman–Crippen LogP) is 4.96. The zero-order chi connectivity index (χ0) is 26.8. The fraction of sp³-hybridized carbons (Fsp3) is 0.308. The number of sulfonamides is 1. The van der Waals surface area contributed by atoms with Crippen LogP contribution in [0.15, 0.2) is 59.4 Å². The van der Waals surface area contributed by atoms with Gasteiger partial charge in [-0.15, -0.1) is 0 Å². The van der Waals surface area contributed by atoms with Crippen molar-refractivity contribution in [1.29, 1.82) is 0 Å². The van der Waals surface area contributed by atoms with E-state index in [2.05, 4.69) is 4.98 Å². The first-order chi connectivity index (χ1) is 17.4. The van der Waals surface area contributed by atoms with Gasteiger partial charge in [-0.2, -0.15) is 13.2 Å². The van der Waals surface area contributed by atoms with Crippen molar-refractivity contribution in [1.82, 2.24) is 9.71 Å². The molecule has 0 atom stereocenters. The Morgan fingerprint density at radius 2 is 1.68 bits per heavy atom. The van der Waals surface area contributed by atoms with Crippen LogP contribution in [0.25, 0.3) is 22.4 Å². The Bertz CT molecular complexity index is 1440. The van der Waals surface area contributed by atoms with E-state index in [1.54, 1.807) is 42.5 Å². The molecule has 1 aliphatic carbocycles. The highest BCUT2D eigenvalue weighted by atomic mass is 32.2. The van der Waals surface area contributed by atoms with Gasteiger partial charge in [0.15, 0.2) is 0 Å². The Kier molecular flexibility index (Phi) is 7.44. The maximum Gasteiger partial charge on any atom is 0.389 e. The molecule has 0 unspecified atom stereocenters.